The average Bonchev–Trinajstić information content (AvgIpc) is 2.85. The molecule has 0 aliphatic heterocycles. The number of ether oxygens (including phenoxy) is 1. The first-order valence-corrected chi connectivity index (χ1v) is 5.59. The Labute approximate surface area is 104 Å². The maximum absolute atomic E-state index is 10.9. The van der Waals surface area contributed by atoms with E-state index in [4.69, 9.17) is 9.84 Å². The van der Waals surface area contributed by atoms with Gasteiger partial charge in [0.2, 0.25) is 0 Å². The summed E-state index contributed by atoms with van der Waals surface area (Å²) in [6.07, 6.45) is 2.75. The van der Waals surface area contributed by atoms with Crippen LogP contribution in [0.2, 0.25) is 0 Å². The summed E-state index contributed by atoms with van der Waals surface area (Å²) in [5.74, 6) is -0.201. The molecule has 2 aromatic rings. The van der Waals surface area contributed by atoms with Crippen LogP contribution in [0, 0.1) is 0 Å². The molecule has 0 radical (unpaired) electrons. The summed E-state index contributed by atoms with van der Waals surface area (Å²) in [4.78, 5) is 17.5. The molecule has 0 amide bonds. The van der Waals surface area contributed by atoms with Crippen LogP contribution in [0.3, 0.4) is 0 Å². The number of benzene rings is 1. The fourth-order valence-corrected chi connectivity index (χ4v) is 1.79. The van der Waals surface area contributed by atoms with E-state index in [1.165, 1.54) is 6.33 Å². The molecule has 0 aliphatic carbocycles. The zero-order valence-electron chi connectivity index (χ0n) is 10.0. The van der Waals surface area contributed by atoms with E-state index in [1.54, 1.807) is 7.11 Å². The molecule has 0 aliphatic rings. The highest BCUT2D eigenvalue weighted by Crippen LogP contribution is 2.15. The molecule has 1 aromatic heterocycles. The van der Waals surface area contributed by atoms with Crippen LogP contribution in [-0.4, -0.2) is 28.2 Å². The summed E-state index contributed by atoms with van der Waals surface area (Å²) >= 11 is 0. The number of rotatable bonds is 5. The molecule has 0 atom stereocenters. The molecule has 0 bridgehead atoms. The van der Waals surface area contributed by atoms with Gasteiger partial charge in [-0.15, -0.1) is 0 Å². The maximum atomic E-state index is 10.9. The lowest BCUT2D eigenvalue weighted by Crippen LogP contribution is -2.03. The van der Waals surface area contributed by atoms with Crippen molar-refractivity contribution in [2.45, 2.75) is 12.8 Å². The lowest BCUT2D eigenvalue weighted by atomic mass is 10.1. The predicted molar refractivity (Wildman–Crippen MR) is 65.9 cm³/mol. The summed E-state index contributed by atoms with van der Waals surface area (Å²) in [5, 5.41) is 8.93. The number of aromatic nitrogens is 2. The van der Waals surface area contributed by atoms with E-state index >= 15 is 0 Å². The van der Waals surface area contributed by atoms with Crippen LogP contribution in [0.1, 0.15) is 21.7 Å². The Morgan fingerprint density at radius 2 is 2.28 bits per heavy atom. The van der Waals surface area contributed by atoms with Gasteiger partial charge in [0.1, 0.15) is 5.75 Å². The highest BCUT2D eigenvalue weighted by Gasteiger charge is 2.12. The third-order valence-electron chi connectivity index (χ3n) is 2.72. The molecule has 1 aromatic carbocycles. The molecule has 0 spiro atoms. The molecule has 94 valence electrons. The molecule has 0 saturated heterocycles. The van der Waals surface area contributed by atoms with E-state index in [9.17, 15) is 4.79 Å². The van der Waals surface area contributed by atoms with Crippen molar-refractivity contribution in [1.29, 1.82) is 0 Å². The van der Waals surface area contributed by atoms with Gasteiger partial charge >= 0.3 is 5.97 Å². The second-order valence-electron chi connectivity index (χ2n) is 3.89. The molecule has 0 unspecified atom stereocenters. The third kappa shape index (κ3) is 2.68. The van der Waals surface area contributed by atoms with E-state index in [-0.39, 0.29) is 5.69 Å². The second-order valence-corrected chi connectivity index (χ2v) is 3.89. The Hall–Kier alpha value is -2.30. The number of nitrogens with zero attached hydrogens (tertiary/aromatic N) is 1. The molecule has 1 heterocycles. The lowest BCUT2D eigenvalue weighted by Gasteiger charge is -2.04. The second kappa shape index (κ2) is 5.35. The Balaban J connectivity index is 2.06. The molecule has 2 rings (SSSR count). The molecule has 5 nitrogen and oxygen atoms in total. The number of carbonyl (C=O) groups is 1. The lowest BCUT2D eigenvalue weighted by molar-refractivity contribution is 0.0690. The Morgan fingerprint density at radius 1 is 1.44 bits per heavy atom. The van der Waals surface area contributed by atoms with Crippen molar-refractivity contribution in [3.05, 3.63) is 47.5 Å². The average molecular weight is 246 g/mol. The van der Waals surface area contributed by atoms with E-state index in [0.717, 1.165) is 17.7 Å². The van der Waals surface area contributed by atoms with E-state index in [0.29, 0.717) is 12.1 Å². The first kappa shape index (κ1) is 12.2. The van der Waals surface area contributed by atoms with Gasteiger partial charge in [-0.25, -0.2) is 9.78 Å². The van der Waals surface area contributed by atoms with Gasteiger partial charge in [-0.2, -0.15) is 0 Å². The number of hydrogen-bond donors (Lipinski definition) is 2. The van der Waals surface area contributed by atoms with E-state index < -0.39 is 5.97 Å². The quantitative estimate of drug-likeness (QED) is 0.844. The summed E-state index contributed by atoms with van der Waals surface area (Å²) in [5.41, 5.74) is 1.84. The van der Waals surface area contributed by atoms with Crippen molar-refractivity contribution in [3.8, 4) is 5.75 Å². The van der Waals surface area contributed by atoms with Crippen LogP contribution >= 0.6 is 0 Å². The summed E-state index contributed by atoms with van der Waals surface area (Å²) in [6, 6.07) is 7.72. The Bertz CT molecular complexity index is 549. The van der Waals surface area contributed by atoms with Crippen molar-refractivity contribution < 1.29 is 14.6 Å². The van der Waals surface area contributed by atoms with Crippen LogP contribution in [0.15, 0.2) is 30.6 Å². The number of hydrogen-bond acceptors (Lipinski definition) is 3. The van der Waals surface area contributed by atoms with Crippen LogP contribution < -0.4 is 4.74 Å². The van der Waals surface area contributed by atoms with E-state index in [2.05, 4.69) is 9.97 Å². The van der Waals surface area contributed by atoms with Crippen molar-refractivity contribution in [2.75, 3.05) is 7.11 Å². The van der Waals surface area contributed by atoms with Crippen molar-refractivity contribution in [1.82, 2.24) is 9.97 Å². The van der Waals surface area contributed by atoms with Gasteiger partial charge in [0.15, 0.2) is 5.69 Å². The van der Waals surface area contributed by atoms with Gasteiger partial charge in [0.25, 0.3) is 0 Å². The minimum atomic E-state index is -1.00. The van der Waals surface area contributed by atoms with Crippen LogP contribution in [0.4, 0.5) is 0 Å². The number of nitrogens with one attached hydrogen (secondary N) is 1. The molecular formula is C13H14N2O3. The number of carboxylic acid groups (broad SMARTS) is 1. The van der Waals surface area contributed by atoms with Gasteiger partial charge in [-0.3, -0.25) is 0 Å². The standard InChI is InChI=1S/C13H14N2O3/c1-18-10-4-2-3-9(7-10)5-6-11-12(13(16)17)15-8-14-11/h2-4,7-8H,5-6H2,1H3,(H,14,15)(H,16,17). The first-order chi connectivity index (χ1) is 8.70. The van der Waals surface area contributed by atoms with Crippen LogP contribution in [0.5, 0.6) is 5.75 Å². The summed E-state index contributed by atoms with van der Waals surface area (Å²) < 4.78 is 5.14. The number of methoxy groups -OCH3 is 1. The van der Waals surface area contributed by atoms with Crippen molar-refractivity contribution in [2.24, 2.45) is 0 Å². The largest absolute Gasteiger partial charge is 0.497 e. The summed E-state index contributed by atoms with van der Waals surface area (Å²) in [6.45, 7) is 0. The first-order valence-electron chi connectivity index (χ1n) is 5.59. The minimum Gasteiger partial charge on any atom is -0.497 e. The van der Waals surface area contributed by atoms with Crippen molar-refractivity contribution >= 4 is 5.97 Å². The number of aromatic carboxylic acids is 1. The Morgan fingerprint density at radius 3 is 3.00 bits per heavy atom. The minimum absolute atomic E-state index is 0.0953. The Kier molecular flexibility index (Phi) is 3.62. The predicted octanol–water partition coefficient (Wildman–Crippen LogP) is 1.90. The van der Waals surface area contributed by atoms with E-state index in [1.807, 2.05) is 24.3 Å². The van der Waals surface area contributed by atoms with Gasteiger partial charge in [-0.05, 0) is 30.5 Å². The number of imidazole rings is 1. The monoisotopic (exact) mass is 246 g/mol. The van der Waals surface area contributed by atoms with Crippen LogP contribution in [0.25, 0.3) is 0 Å². The molecule has 18 heavy (non-hydrogen) atoms. The normalized spacial score (nSPS) is 10.3. The zero-order chi connectivity index (χ0) is 13.0. The molecule has 2 N–H and O–H groups in total. The number of aromatic amines is 1. The fourth-order valence-electron chi connectivity index (χ4n) is 1.79. The topological polar surface area (TPSA) is 75.2 Å². The molecule has 0 saturated carbocycles. The number of carboxylic acids is 1. The zero-order valence-corrected chi connectivity index (χ0v) is 10.0. The molecular weight excluding hydrogens is 232 g/mol. The van der Waals surface area contributed by atoms with Gasteiger partial charge in [-0.1, -0.05) is 12.1 Å². The fraction of sp³-hybridized carbons (Fsp3) is 0.231. The molecule has 5 heteroatoms. The SMILES string of the molecule is COc1cccc(CCc2[nH]cnc2C(=O)O)c1. The summed E-state index contributed by atoms with van der Waals surface area (Å²) in [7, 11) is 1.62. The number of H-pyrrole nitrogens is 1. The maximum Gasteiger partial charge on any atom is 0.356 e. The van der Waals surface area contributed by atoms with Gasteiger partial charge < -0.3 is 14.8 Å². The third-order valence-corrected chi connectivity index (χ3v) is 2.72. The van der Waals surface area contributed by atoms with Gasteiger partial charge in [0, 0.05) is 5.69 Å². The molecule has 0 fully saturated rings. The number of aryl methyl sites for hydroxylation is 2. The van der Waals surface area contributed by atoms with Crippen LogP contribution in [-0.2, 0) is 12.8 Å². The van der Waals surface area contributed by atoms with Crippen molar-refractivity contribution in [3.63, 3.8) is 0 Å². The highest BCUT2D eigenvalue weighted by molar-refractivity contribution is 5.86. The van der Waals surface area contributed by atoms with Gasteiger partial charge in [0.05, 0.1) is 13.4 Å². The smallest absolute Gasteiger partial charge is 0.356 e. The highest BCUT2D eigenvalue weighted by atomic mass is 16.5.